The highest BCUT2D eigenvalue weighted by Crippen LogP contribution is 2.27. The fourth-order valence-electron chi connectivity index (χ4n) is 2.31. The molecule has 9 heteroatoms. The van der Waals surface area contributed by atoms with Crippen molar-refractivity contribution >= 4 is 11.5 Å². The van der Waals surface area contributed by atoms with Crippen molar-refractivity contribution in [2.75, 3.05) is 38.6 Å². The molecule has 0 saturated heterocycles. The molecule has 0 saturated carbocycles. The van der Waals surface area contributed by atoms with Gasteiger partial charge in [-0.25, -0.2) is 0 Å². The molecule has 0 aliphatic carbocycles. The van der Waals surface area contributed by atoms with Crippen molar-refractivity contribution in [2.24, 2.45) is 0 Å². The number of aromatic nitrogens is 4. The summed E-state index contributed by atoms with van der Waals surface area (Å²) in [5, 5.41) is 10.8. The Kier molecular flexibility index (Phi) is 5.40. The van der Waals surface area contributed by atoms with E-state index in [2.05, 4.69) is 20.2 Å². The SMILES string of the molecule is CCCN(CCCN(C)C)c1ccc2nnc(C(F)(F)F)n2n1. The van der Waals surface area contributed by atoms with Gasteiger partial charge in [-0.3, -0.25) is 0 Å². The van der Waals surface area contributed by atoms with Gasteiger partial charge in [0.05, 0.1) is 0 Å². The van der Waals surface area contributed by atoms with E-state index < -0.39 is 12.0 Å². The lowest BCUT2D eigenvalue weighted by atomic mass is 10.3. The van der Waals surface area contributed by atoms with Crippen LogP contribution in [0.5, 0.6) is 0 Å². The van der Waals surface area contributed by atoms with E-state index in [9.17, 15) is 13.2 Å². The number of alkyl halides is 3. The van der Waals surface area contributed by atoms with Crippen molar-refractivity contribution in [3.63, 3.8) is 0 Å². The van der Waals surface area contributed by atoms with E-state index >= 15 is 0 Å². The smallest absolute Gasteiger partial charge is 0.355 e. The van der Waals surface area contributed by atoms with Crippen LogP contribution in [0.2, 0.25) is 0 Å². The van der Waals surface area contributed by atoms with Crippen molar-refractivity contribution in [2.45, 2.75) is 25.9 Å². The minimum absolute atomic E-state index is 0.0887. The lowest BCUT2D eigenvalue weighted by Crippen LogP contribution is -2.29. The summed E-state index contributed by atoms with van der Waals surface area (Å²) in [6.07, 6.45) is -2.79. The predicted molar refractivity (Wildman–Crippen MR) is 81.5 cm³/mol. The molecule has 0 amide bonds. The third-order valence-electron chi connectivity index (χ3n) is 3.35. The van der Waals surface area contributed by atoms with E-state index in [-0.39, 0.29) is 5.65 Å². The number of halogens is 3. The van der Waals surface area contributed by atoms with Crippen molar-refractivity contribution in [3.8, 4) is 0 Å². The maximum absolute atomic E-state index is 12.9. The van der Waals surface area contributed by atoms with Crippen molar-refractivity contribution in [1.29, 1.82) is 0 Å². The lowest BCUT2D eigenvalue weighted by Gasteiger charge is -2.24. The Hall–Kier alpha value is -1.90. The topological polar surface area (TPSA) is 49.6 Å². The summed E-state index contributed by atoms with van der Waals surface area (Å²) in [6.45, 7) is 4.39. The van der Waals surface area contributed by atoms with Crippen LogP contribution in [0.25, 0.3) is 5.65 Å². The van der Waals surface area contributed by atoms with Gasteiger partial charge >= 0.3 is 6.18 Å². The van der Waals surface area contributed by atoms with Crippen LogP contribution in [0.4, 0.5) is 19.0 Å². The molecule has 0 aromatic carbocycles. The van der Waals surface area contributed by atoms with Gasteiger partial charge in [0.2, 0.25) is 0 Å². The Balaban J connectivity index is 2.28. The van der Waals surface area contributed by atoms with Crippen LogP contribution in [0.3, 0.4) is 0 Å². The largest absolute Gasteiger partial charge is 0.453 e. The molecule has 0 N–H and O–H groups in total. The van der Waals surface area contributed by atoms with E-state index in [1.54, 1.807) is 6.07 Å². The summed E-state index contributed by atoms with van der Waals surface area (Å²) >= 11 is 0. The molecule has 0 aliphatic rings. The van der Waals surface area contributed by atoms with Gasteiger partial charge in [-0.2, -0.15) is 17.7 Å². The highest BCUT2D eigenvalue weighted by molar-refractivity contribution is 5.46. The van der Waals surface area contributed by atoms with E-state index in [4.69, 9.17) is 0 Å². The zero-order valence-electron chi connectivity index (χ0n) is 13.5. The van der Waals surface area contributed by atoms with Gasteiger partial charge < -0.3 is 9.80 Å². The van der Waals surface area contributed by atoms with Gasteiger partial charge in [-0.15, -0.1) is 15.3 Å². The normalized spacial score (nSPS) is 12.3. The quantitative estimate of drug-likeness (QED) is 0.780. The minimum atomic E-state index is -4.58. The Morgan fingerprint density at radius 1 is 1.09 bits per heavy atom. The van der Waals surface area contributed by atoms with E-state index in [1.807, 2.05) is 25.9 Å². The van der Waals surface area contributed by atoms with Gasteiger partial charge in [0, 0.05) is 13.1 Å². The third-order valence-corrected chi connectivity index (χ3v) is 3.35. The monoisotopic (exact) mass is 330 g/mol. The molecule has 6 nitrogen and oxygen atoms in total. The molecular weight excluding hydrogens is 309 g/mol. The molecule has 2 aromatic rings. The summed E-state index contributed by atoms with van der Waals surface area (Å²) in [5.74, 6) is -0.595. The lowest BCUT2D eigenvalue weighted by molar-refractivity contribution is -0.146. The number of anilines is 1. The average molecular weight is 330 g/mol. The second-order valence-electron chi connectivity index (χ2n) is 5.63. The molecule has 128 valence electrons. The average Bonchev–Trinajstić information content (AvgIpc) is 2.89. The molecule has 0 aliphatic heterocycles. The molecule has 0 unspecified atom stereocenters. The molecule has 0 spiro atoms. The Morgan fingerprint density at radius 3 is 2.43 bits per heavy atom. The fourth-order valence-corrected chi connectivity index (χ4v) is 2.31. The summed E-state index contributed by atoms with van der Waals surface area (Å²) in [7, 11) is 3.97. The van der Waals surface area contributed by atoms with Crippen LogP contribution < -0.4 is 4.90 Å². The highest BCUT2D eigenvalue weighted by Gasteiger charge is 2.37. The Labute approximate surface area is 132 Å². The van der Waals surface area contributed by atoms with Crippen LogP contribution in [0.15, 0.2) is 12.1 Å². The summed E-state index contributed by atoms with van der Waals surface area (Å²) < 4.78 is 39.6. The van der Waals surface area contributed by atoms with Crippen LogP contribution in [-0.4, -0.2) is 58.4 Å². The molecule has 2 aromatic heterocycles. The van der Waals surface area contributed by atoms with Gasteiger partial charge in [-0.05, 0) is 45.6 Å². The number of fused-ring (bicyclic) bond motifs is 1. The first-order chi connectivity index (χ1) is 10.8. The van der Waals surface area contributed by atoms with Crippen LogP contribution >= 0.6 is 0 Å². The van der Waals surface area contributed by atoms with Crippen molar-refractivity contribution < 1.29 is 13.2 Å². The number of hydrogen-bond donors (Lipinski definition) is 0. The maximum Gasteiger partial charge on any atom is 0.453 e. The molecule has 0 bridgehead atoms. The summed E-state index contributed by atoms with van der Waals surface area (Å²) in [5.41, 5.74) is 0.0887. The van der Waals surface area contributed by atoms with Crippen molar-refractivity contribution in [1.82, 2.24) is 24.7 Å². The molecular formula is C14H21F3N6. The van der Waals surface area contributed by atoms with E-state index in [0.29, 0.717) is 5.82 Å². The molecule has 0 radical (unpaired) electrons. The molecule has 0 atom stereocenters. The molecule has 2 heterocycles. The highest BCUT2D eigenvalue weighted by atomic mass is 19.4. The zero-order chi connectivity index (χ0) is 17.0. The fraction of sp³-hybridized carbons (Fsp3) is 0.643. The predicted octanol–water partition coefficient (Wildman–Crippen LogP) is 2.31. The van der Waals surface area contributed by atoms with Gasteiger partial charge in [-0.1, -0.05) is 6.92 Å². The number of nitrogens with zero attached hydrogens (tertiary/aromatic N) is 6. The maximum atomic E-state index is 12.9. The van der Waals surface area contributed by atoms with Crippen LogP contribution in [-0.2, 0) is 6.18 Å². The second-order valence-corrected chi connectivity index (χ2v) is 5.63. The Morgan fingerprint density at radius 2 is 1.83 bits per heavy atom. The first kappa shape index (κ1) is 17.5. The summed E-state index contributed by atoms with van der Waals surface area (Å²) in [6, 6.07) is 3.20. The van der Waals surface area contributed by atoms with E-state index in [1.165, 1.54) is 6.07 Å². The van der Waals surface area contributed by atoms with Gasteiger partial charge in [0.1, 0.15) is 5.82 Å². The second kappa shape index (κ2) is 7.12. The standard InChI is InChI=1S/C14H21F3N6/c1-4-8-22(10-5-9-21(2)3)12-7-6-11-18-19-13(14(15,16)17)23(11)20-12/h6-7H,4-5,8-10H2,1-3H3. The summed E-state index contributed by atoms with van der Waals surface area (Å²) in [4.78, 5) is 4.06. The minimum Gasteiger partial charge on any atom is -0.355 e. The van der Waals surface area contributed by atoms with Crippen molar-refractivity contribution in [3.05, 3.63) is 18.0 Å². The van der Waals surface area contributed by atoms with E-state index in [0.717, 1.165) is 37.0 Å². The van der Waals surface area contributed by atoms with Gasteiger partial charge in [0.15, 0.2) is 5.65 Å². The zero-order valence-corrected chi connectivity index (χ0v) is 13.5. The third kappa shape index (κ3) is 4.31. The first-order valence-corrected chi connectivity index (χ1v) is 7.52. The number of rotatable bonds is 7. The first-order valence-electron chi connectivity index (χ1n) is 7.52. The molecule has 0 fully saturated rings. The van der Waals surface area contributed by atoms with Crippen LogP contribution in [0, 0.1) is 0 Å². The molecule has 23 heavy (non-hydrogen) atoms. The van der Waals surface area contributed by atoms with Crippen LogP contribution in [0.1, 0.15) is 25.6 Å². The Bertz CT molecular complexity index is 637. The van der Waals surface area contributed by atoms with Gasteiger partial charge in [0.25, 0.3) is 5.82 Å². The number of hydrogen-bond acceptors (Lipinski definition) is 5. The molecule has 2 rings (SSSR count).